The lowest BCUT2D eigenvalue weighted by Gasteiger charge is -2.37. The van der Waals surface area contributed by atoms with Crippen LogP contribution in [0, 0.1) is 5.92 Å². The highest BCUT2D eigenvalue weighted by molar-refractivity contribution is 7.10. The van der Waals surface area contributed by atoms with Crippen molar-refractivity contribution in [3.63, 3.8) is 0 Å². The summed E-state index contributed by atoms with van der Waals surface area (Å²) in [5.74, 6) is 0.974. The topological polar surface area (TPSA) is 68.3 Å². The second kappa shape index (κ2) is 11.3. The number of hydrogen-bond acceptors (Lipinski definition) is 6. The molecular weight excluding hydrogens is 428 g/mol. The molecule has 1 aromatic heterocycles. The number of carbonyl (C=O) groups excluding carboxylic acids is 2. The Hall–Kier alpha value is -2.58. The van der Waals surface area contributed by atoms with Gasteiger partial charge in [-0.05, 0) is 35.6 Å². The minimum absolute atomic E-state index is 0.0327. The van der Waals surface area contributed by atoms with Gasteiger partial charge < -0.3 is 24.0 Å². The molecule has 0 fully saturated rings. The molecule has 0 saturated heterocycles. The summed E-state index contributed by atoms with van der Waals surface area (Å²) in [6.07, 6.45) is 0.806. The lowest BCUT2D eigenvalue weighted by atomic mass is 10.00. The number of para-hydroxylation sites is 2. The molecular formula is C24H32N2O5S. The van der Waals surface area contributed by atoms with Gasteiger partial charge in [0, 0.05) is 31.0 Å². The Kier molecular flexibility index (Phi) is 8.53. The molecule has 0 unspecified atom stereocenters. The van der Waals surface area contributed by atoms with Crippen LogP contribution in [0.5, 0.6) is 11.5 Å². The summed E-state index contributed by atoms with van der Waals surface area (Å²) >= 11 is 1.71. The van der Waals surface area contributed by atoms with E-state index in [1.807, 2.05) is 43.0 Å². The summed E-state index contributed by atoms with van der Waals surface area (Å²) < 4.78 is 16.7. The Balaban J connectivity index is 1.78. The Bertz CT molecular complexity index is 913. The molecule has 2 aromatic rings. The Morgan fingerprint density at radius 3 is 2.62 bits per heavy atom. The second-order valence-corrected chi connectivity index (χ2v) is 9.02. The van der Waals surface area contributed by atoms with Crippen LogP contribution in [0.2, 0.25) is 0 Å². The molecule has 0 aliphatic carbocycles. The molecule has 0 saturated carbocycles. The maximum absolute atomic E-state index is 13.4. The molecule has 7 nitrogen and oxygen atoms in total. The van der Waals surface area contributed by atoms with Gasteiger partial charge >= 0.3 is 0 Å². The molecule has 8 heteroatoms. The predicted octanol–water partition coefficient (Wildman–Crippen LogP) is 3.39. The van der Waals surface area contributed by atoms with E-state index < -0.39 is 0 Å². The summed E-state index contributed by atoms with van der Waals surface area (Å²) in [4.78, 5) is 30.8. The van der Waals surface area contributed by atoms with E-state index in [4.69, 9.17) is 14.2 Å². The number of methoxy groups -OCH3 is 2. The van der Waals surface area contributed by atoms with Crippen molar-refractivity contribution in [2.24, 2.45) is 5.92 Å². The number of fused-ring (bicyclic) bond motifs is 1. The van der Waals surface area contributed by atoms with E-state index in [9.17, 15) is 9.59 Å². The first-order valence-corrected chi connectivity index (χ1v) is 11.7. The summed E-state index contributed by atoms with van der Waals surface area (Å²) in [5.41, 5.74) is 1.11. The zero-order chi connectivity index (χ0) is 23.1. The quantitative estimate of drug-likeness (QED) is 0.544. The summed E-state index contributed by atoms with van der Waals surface area (Å²) in [6.45, 7) is 5.40. The number of hydrogen-bond donors (Lipinski definition) is 0. The lowest BCUT2D eigenvalue weighted by Crippen LogP contribution is -2.49. The fourth-order valence-corrected chi connectivity index (χ4v) is 4.80. The zero-order valence-electron chi connectivity index (χ0n) is 19.2. The molecule has 174 valence electrons. The van der Waals surface area contributed by atoms with Crippen LogP contribution in [0.4, 0.5) is 0 Å². The molecule has 32 heavy (non-hydrogen) atoms. The van der Waals surface area contributed by atoms with Crippen LogP contribution in [-0.4, -0.2) is 68.7 Å². The summed E-state index contributed by atoms with van der Waals surface area (Å²) in [5, 5.41) is 2.06. The number of carbonyl (C=O) groups is 2. The average Bonchev–Trinajstić information content (AvgIpc) is 3.28. The average molecular weight is 461 g/mol. The van der Waals surface area contributed by atoms with Crippen molar-refractivity contribution in [3.05, 3.63) is 46.2 Å². The van der Waals surface area contributed by atoms with E-state index in [-0.39, 0.29) is 30.3 Å². The maximum Gasteiger partial charge on any atom is 0.242 e. The van der Waals surface area contributed by atoms with Crippen molar-refractivity contribution in [2.75, 3.05) is 47.1 Å². The highest BCUT2D eigenvalue weighted by Gasteiger charge is 2.34. The van der Waals surface area contributed by atoms with Crippen molar-refractivity contribution in [1.29, 1.82) is 0 Å². The van der Waals surface area contributed by atoms with Crippen molar-refractivity contribution in [3.8, 4) is 11.5 Å². The molecule has 0 spiro atoms. The third-order valence-corrected chi connectivity index (χ3v) is 6.57. The highest BCUT2D eigenvalue weighted by Crippen LogP contribution is 2.35. The van der Waals surface area contributed by atoms with E-state index in [0.717, 1.165) is 12.0 Å². The number of thiophene rings is 1. The van der Waals surface area contributed by atoms with Crippen LogP contribution < -0.4 is 9.47 Å². The highest BCUT2D eigenvalue weighted by atomic mass is 32.1. The summed E-state index contributed by atoms with van der Waals surface area (Å²) in [7, 11) is 3.20. The van der Waals surface area contributed by atoms with Crippen molar-refractivity contribution >= 4 is 23.2 Å². The number of benzene rings is 1. The molecule has 1 aromatic carbocycles. The Morgan fingerprint density at radius 1 is 1.19 bits per heavy atom. The van der Waals surface area contributed by atoms with Crippen LogP contribution >= 0.6 is 11.3 Å². The van der Waals surface area contributed by atoms with Gasteiger partial charge in [0.2, 0.25) is 11.8 Å². The van der Waals surface area contributed by atoms with Crippen LogP contribution in [0.3, 0.4) is 0 Å². The van der Waals surface area contributed by atoms with Gasteiger partial charge in [0.1, 0.15) is 6.61 Å². The number of ether oxygens (including phenoxy) is 3. The third-order valence-electron chi connectivity index (χ3n) is 5.58. The van der Waals surface area contributed by atoms with Gasteiger partial charge in [0.05, 0.1) is 26.3 Å². The first kappa shape index (κ1) is 24.1. The van der Waals surface area contributed by atoms with Gasteiger partial charge in [0.25, 0.3) is 0 Å². The lowest BCUT2D eigenvalue weighted by molar-refractivity contribution is -0.144. The molecule has 2 heterocycles. The number of rotatable bonds is 10. The van der Waals surface area contributed by atoms with Gasteiger partial charge in [-0.1, -0.05) is 26.0 Å². The van der Waals surface area contributed by atoms with E-state index in [0.29, 0.717) is 37.8 Å². The van der Waals surface area contributed by atoms with Gasteiger partial charge in [-0.2, -0.15) is 0 Å². The van der Waals surface area contributed by atoms with Crippen molar-refractivity contribution in [1.82, 2.24) is 9.80 Å². The van der Waals surface area contributed by atoms with Gasteiger partial charge in [-0.3, -0.25) is 9.59 Å². The van der Waals surface area contributed by atoms with Gasteiger partial charge in [-0.25, -0.2) is 0 Å². The second-order valence-electron chi connectivity index (χ2n) is 8.02. The zero-order valence-corrected chi connectivity index (χ0v) is 20.0. The van der Waals surface area contributed by atoms with E-state index in [1.54, 1.807) is 30.5 Å². The van der Waals surface area contributed by atoms with Crippen molar-refractivity contribution in [2.45, 2.75) is 26.3 Å². The van der Waals surface area contributed by atoms with Crippen LogP contribution in [-0.2, 0) is 20.7 Å². The smallest absolute Gasteiger partial charge is 0.242 e. The molecule has 1 aliphatic heterocycles. The minimum Gasteiger partial charge on any atom is -0.493 e. The van der Waals surface area contributed by atoms with Gasteiger partial charge in [0.15, 0.2) is 11.5 Å². The first-order valence-electron chi connectivity index (χ1n) is 10.9. The van der Waals surface area contributed by atoms with Crippen LogP contribution in [0.15, 0.2) is 35.7 Å². The number of amides is 2. The summed E-state index contributed by atoms with van der Waals surface area (Å²) in [6, 6.07) is 9.33. The minimum atomic E-state index is -0.221. The predicted molar refractivity (Wildman–Crippen MR) is 124 cm³/mol. The molecule has 1 aliphatic rings. The third kappa shape index (κ3) is 5.61. The first-order chi connectivity index (χ1) is 15.5. The van der Waals surface area contributed by atoms with Crippen LogP contribution in [0.25, 0.3) is 0 Å². The molecule has 0 N–H and O–H groups in total. The van der Waals surface area contributed by atoms with E-state index in [2.05, 4.69) is 11.4 Å². The van der Waals surface area contributed by atoms with Crippen LogP contribution in [0.1, 0.15) is 30.3 Å². The van der Waals surface area contributed by atoms with Gasteiger partial charge in [-0.15, -0.1) is 11.3 Å². The fraction of sp³-hybridized carbons (Fsp3) is 0.500. The van der Waals surface area contributed by atoms with E-state index >= 15 is 0 Å². The largest absolute Gasteiger partial charge is 0.493 e. The monoisotopic (exact) mass is 460 g/mol. The Labute approximate surface area is 193 Å². The normalized spacial score (nSPS) is 15.4. The molecule has 3 rings (SSSR count). The van der Waals surface area contributed by atoms with E-state index in [1.165, 1.54) is 4.88 Å². The maximum atomic E-state index is 13.4. The SMILES string of the molecule is COCCN(CC(=O)N1CCc2sccc2[C@H]1COc1ccccc1OC)C(=O)C(C)C. The fourth-order valence-electron chi connectivity index (χ4n) is 3.87. The number of nitrogens with zero attached hydrogens (tertiary/aromatic N) is 2. The molecule has 0 radical (unpaired) electrons. The molecule has 1 atom stereocenters. The molecule has 2 amide bonds. The van der Waals surface area contributed by atoms with Crippen molar-refractivity contribution < 1.29 is 23.8 Å². The molecule has 0 bridgehead atoms. The Morgan fingerprint density at radius 2 is 1.94 bits per heavy atom. The standard InChI is InChI=1S/C24H32N2O5S/c1-17(2)24(28)25(12-13-29-3)15-23(27)26-11-9-22-18(10-14-32-22)19(26)16-31-21-8-6-5-7-20(21)30-4/h5-8,10,14,17,19H,9,11-13,15-16H2,1-4H3/t19-/m1/s1.